The maximum absolute atomic E-state index is 13.4. The van der Waals surface area contributed by atoms with E-state index in [-0.39, 0.29) is 11.8 Å². The number of benzene rings is 2. The van der Waals surface area contributed by atoms with Gasteiger partial charge >= 0.3 is 0 Å². The molecule has 0 saturated carbocycles. The Morgan fingerprint density at radius 3 is 2.47 bits per heavy atom. The van der Waals surface area contributed by atoms with Crippen LogP contribution >= 0.6 is 23.1 Å². The summed E-state index contributed by atoms with van der Waals surface area (Å²) in [7, 11) is 1.56. The van der Waals surface area contributed by atoms with Crippen molar-refractivity contribution in [3.63, 3.8) is 0 Å². The number of para-hydroxylation sites is 2. The van der Waals surface area contributed by atoms with Crippen molar-refractivity contribution in [1.82, 2.24) is 4.57 Å². The highest BCUT2D eigenvalue weighted by Gasteiger charge is 2.26. The Morgan fingerprint density at radius 2 is 1.71 bits per heavy atom. The van der Waals surface area contributed by atoms with Crippen molar-refractivity contribution in [1.29, 1.82) is 0 Å². The molecule has 2 aromatic heterocycles. The SMILES string of the molecule is COc1ccccc1NC(=O)c1ccc(NC(=O)c2c(-n3cccc3)sc3c2CCSC3)cc1. The summed E-state index contributed by atoms with van der Waals surface area (Å²) in [6.07, 6.45) is 4.83. The van der Waals surface area contributed by atoms with Crippen molar-refractivity contribution in [3.05, 3.63) is 94.6 Å². The first-order valence-corrected chi connectivity index (χ1v) is 12.8. The van der Waals surface area contributed by atoms with Crippen LogP contribution in [0.4, 0.5) is 11.4 Å². The van der Waals surface area contributed by atoms with Crippen molar-refractivity contribution in [2.75, 3.05) is 23.5 Å². The summed E-state index contributed by atoms with van der Waals surface area (Å²) in [5, 5.41) is 6.84. The van der Waals surface area contributed by atoms with Gasteiger partial charge in [0, 0.05) is 34.3 Å². The van der Waals surface area contributed by atoms with E-state index in [1.54, 1.807) is 54.8 Å². The van der Waals surface area contributed by atoms with Gasteiger partial charge < -0.3 is 19.9 Å². The molecule has 0 atom stereocenters. The van der Waals surface area contributed by atoms with Gasteiger partial charge in [-0.3, -0.25) is 9.59 Å². The normalized spacial score (nSPS) is 12.6. The lowest BCUT2D eigenvalue weighted by Gasteiger charge is -2.13. The second kappa shape index (κ2) is 9.79. The molecule has 6 nitrogen and oxygen atoms in total. The van der Waals surface area contributed by atoms with Gasteiger partial charge in [0.1, 0.15) is 10.8 Å². The summed E-state index contributed by atoms with van der Waals surface area (Å²) in [4.78, 5) is 27.3. The fourth-order valence-corrected chi connectivity index (χ4v) is 6.39. The van der Waals surface area contributed by atoms with Crippen molar-refractivity contribution in [3.8, 4) is 10.8 Å². The number of hydrogen-bond acceptors (Lipinski definition) is 5. The lowest BCUT2D eigenvalue weighted by molar-refractivity contribution is 0.101. The lowest BCUT2D eigenvalue weighted by atomic mass is 10.1. The summed E-state index contributed by atoms with van der Waals surface area (Å²) in [6, 6.07) is 18.1. The lowest BCUT2D eigenvalue weighted by Crippen LogP contribution is -2.17. The Labute approximate surface area is 206 Å². The predicted octanol–water partition coefficient (Wildman–Crippen LogP) is 5.84. The van der Waals surface area contributed by atoms with Gasteiger partial charge in [0.05, 0.1) is 18.4 Å². The molecule has 2 aromatic carbocycles. The van der Waals surface area contributed by atoms with Crippen molar-refractivity contribution >= 4 is 46.3 Å². The van der Waals surface area contributed by atoms with E-state index >= 15 is 0 Å². The Hall–Kier alpha value is -3.49. The van der Waals surface area contributed by atoms with Crippen molar-refractivity contribution < 1.29 is 14.3 Å². The second-order valence-electron chi connectivity index (χ2n) is 7.76. The van der Waals surface area contributed by atoms with Gasteiger partial charge in [-0.2, -0.15) is 11.8 Å². The van der Waals surface area contributed by atoms with Crippen LogP contribution in [-0.2, 0) is 12.2 Å². The summed E-state index contributed by atoms with van der Waals surface area (Å²) in [6.45, 7) is 0. The minimum Gasteiger partial charge on any atom is -0.495 e. The van der Waals surface area contributed by atoms with E-state index in [1.165, 1.54) is 4.88 Å². The highest BCUT2D eigenvalue weighted by atomic mass is 32.2. The first kappa shape index (κ1) is 22.3. The third-order valence-electron chi connectivity index (χ3n) is 5.63. The number of amides is 2. The second-order valence-corrected chi connectivity index (χ2v) is 9.95. The van der Waals surface area contributed by atoms with E-state index in [1.807, 2.05) is 53.0 Å². The first-order chi connectivity index (χ1) is 16.6. The molecule has 0 radical (unpaired) electrons. The molecular formula is C26H23N3O3S2. The number of ether oxygens (including phenoxy) is 1. The van der Waals surface area contributed by atoms with Gasteiger partial charge in [0.15, 0.2) is 0 Å². The van der Waals surface area contributed by atoms with Crippen LogP contribution in [0.1, 0.15) is 31.2 Å². The third-order valence-corrected chi connectivity index (χ3v) is 8.04. The first-order valence-electron chi connectivity index (χ1n) is 10.9. The number of fused-ring (bicyclic) bond motifs is 1. The number of carbonyl (C=O) groups is 2. The molecule has 172 valence electrons. The van der Waals surface area contributed by atoms with Crippen LogP contribution in [-0.4, -0.2) is 29.2 Å². The molecule has 8 heteroatoms. The summed E-state index contributed by atoms with van der Waals surface area (Å²) < 4.78 is 7.30. The molecule has 0 fully saturated rings. The molecule has 0 bridgehead atoms. The Bertz CT molecular complexity index is 1330. The number of nitrogens with zero attached hydrogens (tertiary/aromatic N) is 1. The number of methoxy groups -OCH3 is 1. The van der Waals surface area contributed by atoms with Gasteiger partial charge in [-0.15, -0.1) is 11.3 Å². The van der Waals surface area contributed by atoms with Crippen LogP contribution < -0.4 is 15.4 Å². The van der Waals surface area contributed by atoms with Gasteiger partial charge in [-0.05, 0) is 66.3 Å². The molecule has 2 amide bonds. The monoisotopic (exact) mass is 489 g/mol. The highest BCUT2D eigenvalue weighted by molar-refractivity contribution is 7.98. The van der Waals surface area contributed by atoms with Gasteiger partial charge in [-0.25, -0.2) is 0 Å². The smallest absolute Gasteiger partial charge is 0.258 e. The summed E-state index contributed by atoms with van der Waals surface area (Å²) in [5.41, 5.74) is 3.63. The van der Waals surface area contributed by atoms with Crippen LogP contribution in [0.3, 0.4) is 0 Å². The van der Waals surface area contributed by atoms with Crippen LogP contribution in [0.15, 0.2) is 73.1 Å². The number of hydrogen-bond donors (Lipinski definition) is 2. The van der Waals surface area contributed by atoms with E-state index in [4.69, 9.17) is 4.74 Å². The molecule has 0 saturated heterocycles. The fourth-order valence-electron chi connectivity index (χ4n) is 3.94. The molecule has 3 heterocycles. The Morgan fingerprint density at radius 1 is 0.941 bits per heavy atom. The van der Waals surface area contributed by atoms with E-state index in [0.717, 1.165) is 34.1 Å². The average Bonchev–Trinajstić information content (AvgIpc) is 3.53. The molecular weight excluding hydrogens is 466 g/mol. The molecule has 2 N–H and O–H groups in total. The van der Waals surface area contributed by atoms with E-state index in [2.05, 4.69) is 10.6 Å². The van der Waals surface area contributed by atoms with Crippen molar-refractivity contribution in [2.24, 2.45) is 0 Å². The van der Waals surface area contributed by atoms with Crippen molar-refractivity contribution in [2.45, 2.75) is 12.2 Å². The highest BCUT2D eigenvalue weighted by Crippen LogP contribution is 2.38. The standard InChI is InChI=1S/C26H23N3O3S2/c1-32-21-7-3-2-6-20(21)28-24(30)17-8-10-18(11-9-17)27-25(31)23-19-12-15-33-16-22(19)34-26(23)29-13-4-5-14-29/h2-11,13-14H,12,15-16H2,1H3,(H,27,31)(H,28,30). The number of rotatable bonds is 6. The minimum atomic E-state index is -0.248. The summed E-state index contributed by atoms with van der Waals surface area (Å²) in [5.74, 6) is 2.18. The van der Waals surface area contributed by atoms with Gasteiger partial charge in [0.2, 0.25) is 0 Å². The minimum absolute atomic E-state index is 0.126. The maximum atomic E-state index is 13.4. The largest absolute Gasteiger partial charge is 0.495 e. The topological polar surface area (TPSA) is 72.4 Å². The van der Waals surface area contributed by atoms with Gasteiger partial charge in [-0.1, -0.05) is 12.1 Å². The molecule has 0 unspecified atom stereocenters. The molecule has 0 aliphatic carbocycles. The molecule has 5 rings (SSSR count). The van der Waals surface area contributed by atoms with Crippen LogP contribution in [0.2, 0.25) is 0 Å². The quantitative estimate of drug-likeness (QED) is 0.357. The predicted molar refractivity (Wildman–Crippen MR) is 139 cm³/mol. The fraction of sp³-hybridized carbons (Fsp3) is 0.154. The molecule has 1 aliphatic heterocycles. The number of carbonyl (C=O) groups excluding carboxylic acids is 2. The zero-order chi connectivity index (χ0) is 23.5. The number of thioether (sulfide) groups is 1. The molecule has 0 spiro atoms. The zero-order valence-corrected chi connectivity index (χ0v) is 20.2. The zero-order valence-electron chi connectivity index (χ0n) is 18.5. The van der Waals surface area contributed by atoms with Crippen LogP contribution in [0, 0.1) is 0 Å². The summed E-state index contributed by atoms with van der Waals surface area (Å²) >= 11 is 3.59. The van der Waals surface area contributed by atoms with E-state index in [0.29, 0.717) is 22.7 Å². The molecule has 34 heavy (non-hydrogen) atoms. The number of aromatic nitrogens is 1. The Kier molecular flexibility index (Phi) is 6.42. The van der Waals surface area contributed by atoms with Crippen LogP contribution in [0.25, 0.3) is 5.00 Å². The number of thiophene rings is 1. The number of nitrogens with one attached hydrogen (secondary N) is 2. The van der Waals surface area contributed by atoms with Gasteiger partial charge in [0.25, 0.3) is 11.8 Å². The van der Waals surface area contributed by atoms with E-state index < -0.39 is 0 Å². The average molecular weight is 490 g/mol. The van der Waals surface area contributed by atoms with Crippen LogP contribution in [0.5, 0.6) is 5.75 Å². The van der Waals surface area contributed by atoms with E-state index in [9.17, 15) is 9.59 Å². The third kappa shape index (κ3) is 4.47. The Balaban J connectivity index is 1.34. The number of anilines is 2. The molecule has 1 aliphatic rings. The molecule has 4 aromatic rings. The maximum Gasteiger partial charge on any atom is 0.258 e.